The van der Waals surface area contributed by atoms with Gasteiger partial charge < -0.3 is 20.5 Å². The molecule has 5 rings (SSSR count). The van der Waals surface area contributed by atoms with Gasteiger partial charge in [0.05, 0.1) is 24.4 Å². The average molecular weight is 594 g/mol. The number of hydrogen-bond donors (Lipinski definition) is 4. The molecule has 1 saturated heterocycles. The lowest BCUT2D eigenvalue weighted by Gasteiger charge is -2.14. The maximum Gasteiger partial charge on any atom is 0.320 e. The third-order valence-electron chi connectivity index (χ3n) is 7.38. The number of nitrogens with zero attached hydrogens (tertiary/aromatic N) is 4. The zero-order chi connectivity index (χ0) is 30.0. The number of methoxy groups -OCH3 is 1. The van der Waals surface area contributed by atoms with Crippen LogP contribution in [0.1, 0.15) is 31.2 Å². The van der Waals surface area contributed by atoms with E-state index in [-0.39, 0.29) is 24.1 Å². The molecule has 1 fully saturated rings. The number of rotatable bonds is 11. The minimum absolute atomic E-state index is 0.0846. The number of benzene rings is 1. The Labute approximate surface area is 246 Å². The lowest BCUT2D eigenvalue weighted by atomic mass is 10.0. The molecule has 42 heavy (non-hydrogen) atoms. The number of ether oxygens (including phenoxy) is 1. The molecule has 12 nitrogen and oxygen atoms in total. The standard InChI is InChI=1S/C29H32ClN7O5/c1-16(29(40)41)32-14-24-35-37-15-18(11-23(37)28(39)36(24)2)20-5-4-6-21(26(20)30)22-9-7-17(27(34-22)42-3)12-31-13-19-8-10-25(38)33-19/h4-7,9,11,15-16,19,31-32H,8,10,12-14H2,1-3H3,(H,33,38)(H,40,41)/t16?,19-/m1/s1. The molecule has 0 saturated carbocycles. The first-order valence-electron chi connectivity index (χ1n) is 13.5. The number of hydrogen-bond acceptors (Lipinski definition) is 8. The second kappa shape index (κ2) is 12.3. The van der Waals surface area contributed by atoms with Crippen LogP contribution in [0.3, 0.4) is 0 Å². The first-order valence-corrected chi connectivity index (χ1v) is 13.9. The van der Waals surface area contributed by atoms with Crippen LogP contribution in [0.15, 0.2) is 47.4 Å². The Balaban J connectivity index is 1.40. The largest absolute Gasteiger partial charge is 0.481 e. The maximum absolute atomic E-state index is 13.1. The summed E-state index contributed by atoms with van der Waals surface area (Å²) in [6.45, 7) is 2.82. The highest BCUT2D eigenvalue weighted by atomic mass is 35.5. The summed E-state index contributed by atoms with van der Waals surface area (Å²) in [6, 6.07) is 10.5. The highest BCUT2D eigenvalue weighted by Gasteiger charge is 2.21. The molecule has 3 aromatic heterocycles. The molecule has 1 aromatic carbocycles. The summed E-state index contributed by atoms with van der Waals surface area (Å²) < 4.78 is 8.46. The molecule has 2 atom stereocenters. The summed E-state index contributed by atoms with van der Waals surface area (Å²) in [4.78, 5) is 40.4. The van der Waals surface area contributed by atoms with Crippen molar-refractivity contribution in [2.24, 2.45) is 7.05 Å². The molecule has 4 heterocycles. The number of carboxylic acid groups (broad SMARTS) is 1. The van der Waals surface area contributed by atoms with Gasteiger partial charge in [0.2, 0.25) is 11.8 Å². The number of nitrogens with one attached hydrogen (secondary N) is 3. The summed E-state index contributed by atoms with van der Waals surface area (Å²) in [6.07, 6.45) is 3.10. The SMILES string of the molecule is COc1nc(-c2cccc(-c3cc4c(=O)n(C)c(CNC(C)C(=O)O)nn4c3)c2Cl)ccc1CNC[C@H]1CCC(=O)N1. The molecule has 4 N–H and O–H groups in total. The van der Waals surface area contributed by atoms with E-state index in [2.05, 4.69) is 21.0 Å². The second-order valence-corrected chi connectivity index (χ2v) is 10.6. The number of carbonyl (C=O) groups is 2. The summed E-state index contributed by atoms with van der Waals surface area (Å²) in [5.41, 5.74) is 3.69. The van der Waals surface area contributed by atoms with Crippen LogP contribution in [0.4, 0.5) is 0 Å². The van der Waals surface area contributed by atoms with Gasteiger partial charge in [0, 0.05) is 61.1 Å². The van der Waals surface area contributed by atoms with Crippen molar-refractivity contribution >= 4 is 29.0 Å². The van der Waals surface area contributed by atoms with Crippen molar-refractivity contribution in [3.05, 3.63) is 69.4 Å². The second-order valence-electron chi connectivity index (χ2n) is 10.2. The fraction of sp³-hybridized carbons (Fsp3) is 0.345. The van der Waals surface area contributed by atoms with E-state index in [0.29, 0.717) is 64.1 Å². The third-order valence-corrected chi connectivity index (χ3v) is 7.79. The monoisotopic (exact) mass is 593 g/mol. The van der Waals surface area contributed by atoms with Gasteiger partial charge in [0.25, 0.3) is 5.56 Å². The van der Waals surface area contributed by atoms with E-state index in [4.69, 9.17) is 26.4 Å². The summed E-state index contributed by atoms with van der Waals surface area (Å²) in [5.74, 6) is -0.0479. The Hall–Kier alpha value is -4.26. The quantitative estimate of drug-likeness (QED) is 0.205. The number of aliphatic carboxylic acids is 1. The predicted molar refractivity (Wildman–Crippen MR) is 157 cm³/mol. The van der Waals surface area contributed by atoms with Crippen molar-refractivity contribution in [1.82, 2.24) is 35.1 Å². The number of aromatic nitrogens is 4. The van der Waals surface area contributed by atoms with Crippen LogP contribution in [-0.2, 0) is 29.7 Å². The van der Waals surface area contributed by atoms with E-state index >= 15 is 0 Å². The van der Waals surface area contributed by atoms with E-state index < -0.39 is 12.0 Å². The number of halogens is 1. The first kappa shape index (κ1) is 29.2. The van der Waals surface area contributed by atoms with Crippen molar-refractivity contribution in [2.45, 2.75) is 44.9 Å². The Kier molecular flexibility index (Phi) is 8.57. The van der Waals surface area contributed by atoms with Gasteiger partial charge in [-0.2, -0.15) is 5.10 Å². The van der Waals surface area contributed by atoms with Gasteiger partial charge in [-0.05, 0) is 25.5 Å². The van der Waals surface area contributed by atoms with Gasteiger partial charge in [-0.1, -0.05) is 35.9 Å². The predicted octanol–water partition coefficient (Wildman–Crippen LogP) is 2.35. The van der Waals surface area contributed by atoms with Crippen molar-refractivity contribution < 1.29 is 19.4 Å². The van der Waals surface area contributed by atoms with Crippen molar-refractivity contribution in [3.63, 3.8) is 0 Å². The zero-order valence-corrected chi connectivity index (χ0v) is 24.2. The Morgan fingerprint density at radius 1 is 1.24 bits per heavy atom. The van der Waals surface area contributed by atoms with E-state index in [1.165, 1.54) is 16.0 Å². The molecule has 1 aliphatic rings. The highest BCUT2D eigenvalue weighted by Crippen LogP contribution is 2.37. The number of carboxylic acids is 1. The highest BCUT2D eigenvalue weighted by molar-refractivity contribution is 6.36. The third kappa shape index (κ3) is 6.01. The topological polar surface area (TPSA) is 152 Å². The van der Waals surface area contributed by atoms with Crippen molar-refractivity contribution in [2.75, 3.05) is 13.7 Å². The van der Waals surface area contributed by atoms with Crippen LogP contribution in [0.2, 0.25) is 5.02 Å². The Bertz CT molecular complexity index is 1720. The normalized spacial score (nSPS) is 15.6. The van der Waals surface area contributed by atoms with Crippen LogP contribution in [0.25, 0.3) is 27.9 Å². The van der Waals surface area contributed by atoms with Crippen LogP contribution in [-0.4, -0.2) is 61.9 Å². The van der Waals surface area contributed by atoms with Gasteiger partial charge in [-0.3, -0.25) is 24.3 Å². The van der Waals surface area contributed by atoms with Crippen LogP contribution in [0.5, 0.6) is 5.88 Å². The Morgan fingerprint density at radius 3 is 2.74 bits per heavy atom. The minimum Gasteiger partial charge on any atom is -0.481 e. The maximum atomic E-state index is 13.1. The van der Waals surface area contributed by atoms with Crippen LogP contribution >= 0.6 is 11.6 Å². The van der Waals surface area contributed by atoms with Gasteiger partial charge in [0.1, 0.15) is 17.4 Å². The molecule has 220 valence electrons. The van der Waals surface area contributed by atoms with E-state index in [1.807, 2.05) is 30.3 Å². The molecular weight excluding hydrogens is 562 g/mol. The fourth-order valence-electron chi connectivity index (χ4n) is 4.90. The minimum atomic E-state index is -0.993. The van der Waals surface area contributed by atoms with Gasteiger partial charge >= 0.3 is 5.97 Å². The molecule has 1 amide bonds. The molecule has 1 unspecified atom stereocenters. The molecular formula is C29H32ClN7O5. The number of amides is 1. The fourth-order valence-corrected chi connectivity index (χ4v) is 5.23. The molecule has 0 radical (unpaired) electrons. The smallest absolute Gasteiger partial charge is 0.320 e. The van der Waals surface area contributed by atoms with Crippen LogP contribution in [0, 0.1) is 0 Å². The lowest BCUT2D eigenvalue weighted by molar-refractivity contribution is -0.139. The van der Waals surface area contributed by atoms with E-state index in [1.54, 1.807) is 26.4 Å². The molecule has 0 spiro atoms. The van der Waals surface area contributed by atoms with Crippen LogP contribution < -0.4 is 26.2 Å². The molecule has 13 heteroatoms. The van der Waals surface area contributed by atoms with E-state index in [0.717, 1.165) is 12.0 Å². The molecule has 1 aliphatic heterocycles. The number of pyridine rings is 1. The summed E-state index contributed by atoms with van der Waals surface area (Å²) >= 11 is 6.92. The molecule has 0 bridgehead atoms. The van der Waals surface area contributed by atoms with E-state index in [9.17, 15) is 14.4 Å². The number of carbonyl (C=O) groups excluding carboxylic acids is 1. The lowest BCUT2D eigenvalue weighted by Crippen LogP contribution is -2.36. The van der Waals surface area contributed by atoms with Gasteiger partial charge in [-0.15, -0.1) is 0 Å². The van der Waals surface area contributed by atoms with Crippen molar-refractivity contribution in [1.29, 1.82) is 0 Å². The Morgan fingerprint density at radius 2 is 2.02 bits per heavy atom. The average Bonchev–Trinajstić information content (AvgIpc) is 3.60. The summed E-state index contributed by atoms with van der Waals surface area (Å²) in [5, 5.41) is 23.3. The zero-order valence-electron chi connectivity index (χ0n) is 23.5. The molecule has 0 aliphatic carbocycles. The van der Waals surface area contributed by atoms with Gasteiger partial charge in [0.15, 0.2) is 0 Å². The molecule has 4 aromatic rings. The van der Waals surface area contributed by atoms with Crippen molar-refractivity contribution in [3.8, 4) is 28.3 Å². The van der Waals surface area contributed by atoms with Gasteiger partial charge in [-0.25, -0.2) is 9.50 Å². The first-order chi connectivity index (χ1) is 20.2. The number of fused-ring (bicyclic) bond motifs is 1. The summed E-state index contributed by atoms with van der Waals surface area (Å²) in [7, 11) is 3.17.